The van der Waals surface area contributed by atoms with E-state index >= 15 is 0 Å². The van der Waals surface area contributed by atoms with Crippen molar-refractivity contribution in [3.05, 3.63) is 34.8 Å². The Labute approximate surface area is 92.7 Å². The van der Waals surface area contributed by atoms with Crippen LogP contribution in [0.2, 0.25) is 0 Å². The van der Waals surface area contributed by atoms with Crippen LogP contribution in [0, 0.1) is 0 Å². The maximum absolute atomic E-state index is 5.45. The Morgan fingerprint density at radius 2 is 2.21 bits per heavy atom. The van der Waals surface area contributed by atoms with Crippen LogP contribution in [0.25, 0.3) is 6.08 Å². The maximum atomic E-state index is 5.45. The molecule has 0 amide bonds. The largest absolute Gasteiger partial charge is 0.491 e. The van der Waals surface area contributed by atoms with Crippen molar-refractivity contribution in [1.82, 2.24) is 0 Å². The SMILES string of the molecule is C=Cc1cc(OCCOC)ccc1Br. The van der Waals surface area contributed by atoms with Crippen molar-refractivity contribution < 1.29 is 9.47 Å². The summed E-state index contributed by atoms with van der Waals surface area (Å²) < 4.78 is 11.4. The Kier molecular flexibility index (Phi) is 4.70. The molecule has 0 aliphatic heterocycles. The third-order valence-corrected chi connectivity index (χ3v) is 2.47. The Morgan fingerprint density at radius 3 is 2.86 bits per heavy atom. The monoisotopic (exact) mass is 256 g/mol. The van der Waals surface area contributed by atoms with Gasteiger partial charge in [0.25, 0.3) is 0 Å². The molecule has 0 atom stereocenters. The van der Waals surface area contributed by atoms with E-state index in [0.717, 1.165) is 15.8 Å². The first-order valence-electron chi connectivity index (χ1n) is 4.31. The smallest absolute Gasteiger partial charge is 0.120 e. The van der Waals surface area contributed by atoms with Gasteiger partial charge in [-0.25, -0.2) is 0 Å². The molecule has 0 radical (unpaired) electrons. The van der Waals surface area contributed by atoms with Crippen LogP contribution in [-0.2, 0) is 4.74 Å². The molecular weight excluding hydrogens is 244 g/mol. The van der Waals surface area contributed by atoms with Gasteiger partial charge in [-0.05, 0) is 23.8 Å². The van der Waals surface area contributed by atoms with E-state index in [-0.39, 0.29) is 0 Å². The van der Waals surface area contributed by atoms with Gasteiger partial charge in [-0.1, -0.05) is 28.6 Å². The molecule has 76 valence electrons. The molecule has 0 N–H and O–H groups in total. The van der Waals surface area contributed by atoms with Crippen molar-refractivity contribution in [2.24, 2.45) is 0 Å². The molecule has 0 aliphatic rings. The van der Waals surface area contributed by atoms with E-state index in [1.165, 1.54) is 0 Å². The highest BCUT2D eigenvalue weighted by molar-refractivity contribution is 9.10. The lowest BCUT2D eigenvalue weighted by Gasteiger charge is -2.07. The minimum atomic E-state index is 0.564. The molecule has 0 aliphatic carbocycles. The standard InChI is InChI=1S/C11H13BrO2/c1-3-9-8-10(4-5-11(9)12)14-7-6-13-2/h3-5,8H,1,6-7H2,2H3. The van der Waals surface area contributed by atoms with Crippen LogP contribution in [0.4, 0.5) is 0 Å². The first kappa shape index (κ1) is 11.3. The van der Waals surface area contributed by atoms with Crippen LogP contribution < -0.4 is 4.74 Å². The predicted molar refractivity (Wildman–Crippen MR) is 61.6 cm³/mol. The number of rotatable bonds is 5. The van der Waals surface area contributed by atoms with Crippen LogP contribution in [0.5, 0.6) is 5.75 Å². The van der Waals surface area contributed by atoms with Crippen LogP contribution in [0.3, 0.4) is 0 Å². The van der Waals surface area contributed by atoms with Crippen LogP contribution >= 0.6 is 15.9 Å². The fraction of sp³-hybridized carbons (Fsp3) is 0.273. The van der Waals surface area contributed by atoms with E-state index in [1.54, 1.807) is 13.2 Å². The van der Waals surface area contributed by atoms with Gasteiger partial charge in [0.2, 0.25) is 0 Å². The Hall–Kier alpha value is -0.800. The van der Waals surface area contributed by atoms with E-state index in [9.17, 15) is 0 Å². The maximum Gasteiger partial charge on any atom is 0.120 e. The predicted octanol–water partition coefficient (Wildman–Crippen LogP) is 3.12. The van der Waals surface area contributed by atoms with Crippen molar-refractivity contribution in [3.63, 3.8) is 0 Å². The topological polar surface area (TPSA) is 18.5 Å². The van der Waals surface area contributed by atoms with Gasteiger partial charge in [0, 0.05) is 11.6 Å². The van der Waals surface area contributed by atoms with E-state index in [1.807, 2.05) is 18.2 Å². The number of ether oxygens (including phenoxy) is 2. The number of benzene rings is 1. The average molecular weight is 257 g/mol. The van der Waals surface area contributed by atoms with Crippen molar-refractivity contribution in [3.8, 4) is 5.75 Å². The van der Waals surface area contributed by atoms with E-state index in [2.05, 4.69) is 22.5 Å². The van der Waals surface area contributed by atoms with Gasteiger partial charge in [-0.15, -0.1) is 0 Å². The lowest BCUT2D eigenvalue weighted by Crippen LogP contribution is -2.04. The molecule has 0 unspecified atom stereocenters. The third-order valence-electron chi connectivity index (χ3n) is 1.74. The van der Waals surface area contributed by atoms with Crippen molar-refractivity contribution >= 4 is 22.0 Å². The highest BCUT2D eigenvalue weighted by Gasteiger charge is 1.98. The molecule has 0 aromatic heterocycles. The molecular formula is C11H13BrO2. The van der Waals surface area contributed by atoms with Crippen molar-refractivity contribution in [1.29, 1.82) is 0 Å². The summed E-state index contributed by atoms with van der Waals surface area (Å²) in [6, 6.07) is 5.79. The summed E-state index contributed by atoms with van der Waals surface area (Å²) in [4.78, 5) is 0. The quantitative estimate of drug-likeness (QED) is 0.754. The van der Waals surface area contributed by atoms with Gasteiger partial charge in [0.1, 0.15) is 12.4 Å². The van der Waals surface area contributed by atoms with Crippen molar-refractivity contribution in [2.45, 2.75) is 0 Å². The van der Waals surface area contributed by atoms with Gasteiger partial charge in [0.15, 0.2) is 0 Å². The second kappa shape index (κ2) is 5.83. The summed E-state index contributed by atoms with van der Waals surface area (Å²) in [6.07, 6.45) is 1.78. The third kappa shape index (κ3) is 3.16. The minimum absolute atomic E-state index is 0.564. The summed E-state index contributed by atoms with van der Waals surface area (Å²) >= 11 is 3.42. The number of hydrogen-bond acceptors (Lipinski definition) is 2. The molecule has 0 bridgehead atoms. The Morgan fingerprint density at radius 1 is 1.43 bits per heavy atom. The fourth-order valence-corrected chi connectivity index (χ4v) is 1.42. The summed E-state index contributed by atoms with van der Waals surface area (Å²) in [5, 5.41) is 0. The normalized spacial score (nSPS) is 9.86. The van der Waals surface area contributed by atoms with Gasteiger partial charge >= 0.3 is 0 Å². The van der Waals surface area contributed by atoms with Gasteiger partial charge in [-0.3, -0.25) is 0 Å². The average Bonchev–Trinajstić information content (AvgIpc) is 2.21. The Balaban J connectivity index is 2.64. The van der Waals surface area contributed by atoms with Gasteiger partial charge in [-0.2, -0.15) is 0 Å². The zero-order valence-corrected chi connectivity index (χ0v) is 9.71. The summed E-state index contributed by atoms with van der Waals surface area (Å²) in [5.41, 5.74) is 1.03. The molecule has 1 rings (SSSR count). The molecule has 0 spiro atoms. The molecule has 14 heavy (non-hydrogen) atoms. The van der Waals surface area contributed by atoms with Crippen LogP contribution in [0.15, 0.2) is 29.3 Å². The number of hydrogen-bond donors (Lipinski definition) is 0. The summed E-state index contributed by atoms with van der Waals surface area (Å²) in [6.45, 7) is 4.88. The summed E-state index contributed by atoms with van der Waals surface area (Å²) in [7, 11) is 1.65. The van der Waals surface area contributed by atoms with Crippen molar-refractivity contribution in [2.75, 3.05) is 20.3 Å². The molecule has 0 heterocycles. The number of halogens is 1. The lowest BCUT2D eigenvalue weighted by atomic mass is 10.2. The zero-order chi connectivity index (χ0) is 10.4. The minimum Gasteiger partial charge on any atom is -0.491 e. The second-order valence-electron chi connectivity index (χ2n) is 2.73. The molecule has 2 nitrogen and oxygen atoms in total. The van der Waals surface area contributed by atoms with E-state index in [4.69, 9.17) is 9.47 Å². The first-order chi connectivity index (χ1) is 6.77. The molecule has 1 aromatic carbocycles. The fourth-order valence-electron chi connectivity index (χ4n) is 1.01. The second-order valence-corrected chi connectivity index (χ2v) is 3.58. The van der Waals surface area contributed by atoms with Crippen LogP contribution in [-0.4, -0.2) is 20.3 Å². The lowest BCUT2D eigenvalue weighted by molar-refractivity contribution is 0.146. The van der Waals surface area contributed by atoms with E-state index < -0.39 is 0 Å². The summed E-state index contributed by atoms with van der Waals surface area (Å²) in [5.74, 6) is 0.833. The zero-order valence-electron chi connectivity index (χ0n) is 8.13. The molecule has 0 saturated carbocycles. The molecule has 1 aromatic rings. The first-order valence-corrected chi connectivity index (χ1v) is 5.11. The van der Waals surface area contributed by atoms with Gasteiger partial charge < -0.3 is 9.47 Å². The molecule has 3 heteroatoms. The number of methoxy groups -OCH3 is 1. The van der Waals surface area contributed by atoms with Crippen LogP contribution in [0.1, 0.15) is 5.56 Å². The molecule has 0 fully saturated rings. The molecule has 0 saturated heterocycles. The van der Waals surface area contributed by atoms with E-state index in [0.29, 0.717) is 13.2 Å². The van der Waals surface area contributed by atoms with Gasteiger partial charge in [0.05, 0.1) is 6.61 Å². The Bertz CT molecular complexity index is 310. The highest BCUT2D eigenvalue weighted by atomic mass is 79.9. The highest BCUT2D eigenvalue weighted by Crippen LogP contribution is 2.23.